The molecule has 4 heterocycles. The van der Waals surface area contributed by atoms with Crippen molar-refractivity contribution in [3.8, 4) is 0 Å². The first-order valence-electron chi connectivity index (χ1n) is 8.54. The Morgan fingerprint density at radius 1 is 1.52 bits per heavy atom. The molecule has 0 radical (unpaired) electrons. The summed E-state index contributed by atoms with van der Waals surface area (Å²) in [5.41, 5.74) is 2.21. The molecular weight excluding hydrogens is 419 g/mol. The van der Waals surface area contributed by atoms with Gasteiger partial charge in [0.15, 0.2) is 23.0 Å². The van der Waals surface area contributed by atoms with Gasteiger partial charge in [0.25, 0.3) is 12.0 Å². The molecule has 12 nitrogen and oxygen atoms in total. The average Bonchev–Trinajstić information content (AvgIpc) is 3.14. The second-order valence-corrected chi connectivity index (χ2v) is 8.50. The van der Waals surface area contributed by atoms with Crippen LogP contribution in [-0.2, 0) is 22.9 Å². The van der Waals surface area contributed by atoms with Crippen molar-refractivity contribution >= 4 is 24.9 Å². The van der Waals surface area contributed by atoms with E-state index in [0.29, 0.717) is 0 Å². The van der Waals surface area contributed by atoms with Crippen LogP contribution in [-0.4, -0.2) is 61.6 Å². The third kappa shape index (κ3) is 3.16. The molecule has 2 aromatic rings. The van der Waals surface area contributed by atoms with Gasteiger partial charge in [0.1, 0.15) is 12.2 Å². The first-order valence-corrected chi connectivity index (χ1v) is 10.00. The normalized spacial score (nSPS) is 34.9. The lowest BCUT2D eigenvalue weighted by atomic mass is 9.96. The standard InChI is InChI=1S/C14H18F2N5O7P/c1-5(2)27-29(24)25-3-14(12(15)16)8(28-29)7(22)11(26-14)21-4-18-6-9(21)19-13(17)20-10(6)23/h4-5,7-8,11-12,22H,3H2,1-2H3,(H3,17,19,20,23)/t7-,8-,11+,14+,29?/m0/s1. The Kier molecular flexibility index (Phi) is 4.76. The molecule has 0 aromatic carbocycles. The molecule has 2 aliphatic heterocycles. The Morgan fingerprint density at radius 2 is 2.24 bits per heavy atom. The maximum Gasteiger partial charge on any atom is 0.475 e. The number of rotatable bonds is 4. The second kappa shape index (κ2) is 6.79. The van der Waals surface area contributed by atoms with Crippen LogP contribution in [0.5, 0.6) is 0 Å². The number of ether oxygens (including phenoxy) is 1. The van der Waals surface area contributed by atoms with E-state index in [4.69, 9.17) is 24.0 Å². The number of aliphatic hydroxyl groups is 1. The number of anilines is 1. The maximum absolute atomic E-state index is 14.0. The van der Waals surface area contributed by atoms with E-state index in [0.717, 1.165) is 10.9 Å². The molecule has 1 unspecified atom stereocenters. The monoisotopic (exact) mass is 437 g/mol. The minimum absolute atomic E-state index is 0.0964. The molecule has 0 aliphatic carbocycles. The summed E-state index contributed by atoms with van der Waals surface area (Å²) >= 11 is 0. The van der Waals surface area contributed by atoms with Crippen LogP contribution in [0.25, 0.3) is 11.2 Å². The highest BCUT2D eigenvalue weighted by Crippen LogP contribution is 2.61. The first kappa shape index (κ1) is 20.3. The Morgan fingerprint density at radius 3 is 2.90 bits per heavy atom. The summed E-state index contributed by atoms with van der Waals surface area (Å²) in [5, 5.41) is 10.7. The predicted molar refractivity (Wildman–Crippen MR) is 92.1 cm³/mol. The molecular formula is C14H18F2N5O7P. The van der Waals surface area contributed by atoms with Crippen molar-refractivity contribution in [1.29, 1.82) is 0 Å². The van der Waals surface area contributed by atoms with Crippen LogP contribution in [0.1, 0.15) is 20.1 Å². The van der Waals surface area contributed by atoms with Gasteiger partial charge in [0.05, 0.1) is 19.0 Å². The van der Waals surface area contributed by atoms with Crippen molar-refractivity contribution in [3.05, 3.63) is 16.7 Å². The van der Waals surface area contributed by atoms with E-state index >= 15 is 0 Å². The van der Waals surface area contributed by atoms with Crippen LogP contribution in [0.15, 0.2) is 11.1 Å². The fraction of sp³-hybridized carbons (Fsp3) is 0.643. The molecule has 15 heteroatoms. The molecule has 0 bridgehead atoms. The Balaban J connectivity index is 1.76. The highest BCUT2D eigenvalue weighted by atomic mass is 31.2. The SMILES string of the molecule is CC(C)OP1(=O)OC[C@@]2(C(F)F)O[C@@H](n3cnc4c(=O)[nH]c(N)nc43)[C@@H](O)[C@@H]2O1. The number of H-pyrrole nitrogens is 1. The van der Waals surface area contributed by atoms with Crippen molar-refractivity contribution in [3.63, 3.8) is 0 Å². The van der Waals surface area contributed by atoms with E-state index in [1.54, 1.807) is 13.8 Å². The van der Waals surface area contributed by atoms with E-state index in [2.05, 4.69) is 15.0 Å². The Hall–Kier alpha value is -1.96. The summed E-state index contributed by atoms with van der Waals surface area (Å²) in [4.78, 5) is 22.0. The predicted octanol–water partition coefficient (Wildman–Crippen LogP) is 0.544. The summed E-state index contributed by atoms with van der Waals surface area (Å²) in [6, 6.07) is 0. The fourth-order valence-electron chi connectivity index (χ4n) is 3.32. The number of nitrogen functional groups attached to an aromatic ring is 1. The van der Waals surface area contributed by atoms with Crippen LogP contribution in [0.4, 0.5) is 14.7 Å². The van der Waals surface area contributed by atoms with Crippen molar-refractivity contribution in [2.75, 3.05) is 12.3 Å². The Bertz CT molecular complexity index is 1050. The number of phosphoric ester groups is 1. The van der Waals surface area contributed by atoms with Crippen LogP contribution in [0.3, 0.4) is 0 Å². The average molecular weight is 437 g/mol. The molecule has 0 amide bonds. The van der Waals surface area contributed by atoms with E-state index in [1.807, 2.05) is 0 Å². The maximum atomic E-state index is 14.0. The third-order valence-electron chi connectivity index (χ3n) is 4.55. The van der Waals surface area contributed by atoms with E-state index < -0.39 is 56.6 Å². The number of aromatic nitrogens is 4. The summed E-state index contributed by atoms with van der Waals surface area (Å²) in [5.74, 6) is -0.243. The number of aliphatic hydroxyl groups excluding tert-OH is 1. The number of alkyl halides is 2. The van der Waals surface area contributed by atoms with Crippen LogP contribution in [0, 0.1) is 0 Å². The van der Waals surface area contributed by atoms with Gasteiger partial charge in [-0.25, -0.2) is 18.3 Å². The lowest BCUT2D eigenvalue weighted by Crippen LogP contribution is -2.56. The fourth-order valence-corrected chi connectivity index (χ4v) is 4.95. The highest BCUT2D eigenvalue weighted by Gasteiger charge is 2.67. The van der Waals surface area contributed by atoms with Gasteiger partial charge in [-0.3, -0.25) is 27.9 Å². The molecule has 4 N–H and O–H groups in total. The molecule has 0 saturated carbocycles. The molecule has 4 rings (SSSR count). The number of hydrogen-bond acceptors (Lipinski definition) is 10. The van der Waals surface area contributed by atoms with Gasteiger partial charge in [-0.15, -0.1) is 0 Å². The summed E-state index contributed by atoms with van der Waals surface area (Å²) < 4.78 is 62.3. The zero-order chi connectivity index (χ0) is 21.1. The van der Waals surface area contributed by atoms with Gasteiger partial charge < -0.3 is 15.6 Å². The van der Waals surface area contributed by atoms with Gasteiger partial charge in [-0.05, 0) is 13.8 Å². The minimum Gasteiger partial charge on any atom is -0.386 e. The minimum atomic E-state index is -4.22. The lowest BCUT2D eigenvalue weighted by molar-refractivity contribution is -0.208. The van der Waals surface area contributed by atoms with Gasteiger partial charge in [-0.1, -0.05) is 0 Å². The molecule has 0 spiro atoms. The number of nitrogens with zero attached hydrogens (tertiary/aromatic N) is 3. The number of nitrogens with two attached hydrogens (primary N) is 1. The molecule has 5 atom stereocenters. The molecule has 2 saturated heterocycles. The molecule has 2 aromatic heterocycles. The number of imidazole rings is 1. The number of hydrogen-bond donors (Lipinski definition) is 3. The van der Waals surface area contributed by atoms with Crippen LogP contribution in [0.2, 0.25) is 0 Å². The number of halogens is 2. The van der Waals surface area contributed by atoms with Crippen molar-refractivity contribution < 1.29 is 36.8 Å². The number of nitrogens with one attached hydrogen (secondary N) is 1. The quantitative estimate of drug-likeness (QED) is 0.575. The van der Waals surface area contributed by atoms with Crippen LogP contribution < -0.4 is 11.3 Å². The van der Waals surface area contributed by atoms with Gasteiger partial charge in [-0.2, -0.15) is 4.98 Å². The number of aromatic amines is 1. The smallest absolute Gasteiger partial charge is 0.386 e. The van der Waals surface area contributed by atoms with E-state index in [1.165, 1.54) is 0 Å². The van der Waals surface area contributed by atoms with Crippen molar-refractivity contribution in [2.24, 2.45) is 0 Å². The second-order valence-electron chi connectivity index (χ2n) is 6.93. The highest BCUT2D eigenvalue weighted by molar-refractivity contribution is 7.48. The third-order valence-corrected chi connectivity index (χ3v) is 6.16. The molecule has 29 heavy (non-hydrogen) atoms. The van der Waals surface area contributed by atoms with Crippen molar-refractivity contribution in [2.45, 2.75) is 50.4 Å². The number of phosphoric acid groups is 1. The van der Waals surface area contributed by atoms with Gasteiger partial charge >= 0.3 is 7.82 Å². The molecule has 160 valence electrons. The summed E-state index contributed by atoms with van der Waals surface area (Å²) in [6.45, 7) is 2.25. The van der Waals surface area contributed by atoms with Crippen LogP contribution >= 0.6 is 7.82 Å². The lowest BCUT2D eigenvalue weighted by Gasteiger charge is -2.39. The zero-order valence-corrected chi connectivity index (χ0v) is 16.1. The Labute approximate surface area is 161 Å². The van der Waals surface area contributed by atoms with Crippen molar-refractivity contribution in [1.82, 2.24) is 19.5 Å². The largest absolute Gasteiger partial charge is 0.475 e. The van der Waals surface area contributed by atoms with Gasteiger partial charge in [0, 0.05) is 0 Å². The van der Waals surface area contributed by atoms with E-state index in [9.17, 15) is 23.2 Å². The molecule has 2 fully saturated rings. The van der Waals surface area contributed by atoms with E-state index in [-0.39, 0.29) is 17.1 Å². The zero-order valence-electron chi connectivity index (χ0n) is 15.2. The molecule has 2 aliphatic rings. The first-order chi connectivity index (χ1) is 13.6. The topological polar surface area (TPSA) is 164 Å². The summed E-state index contributed by atoms with van der Waals surface area (Å²) in [7, 11) is -4.22. The van der Waals surface area contributed by atoms with Gasteiger partial charge in [0.2, 0.25) is 5.95 Å². The number of fused-ring (bicyclic) bond motifs is 2. The summed E-state index contributed by atoms with van der Waals surface area (Å²) in [6.07, 6.45) is -7.66.